The molecule has 0 amide bonds. The van der Waals surface area contributed by atoms with Crippen molar-refractivity contribution >= 4 is 10.1 Å². The van der Waals surface area contributed by atoms with Crippen LogP contribution < -0.4 is 8.92 Å². The number of benzene rings is 3. The molecule has 0 unspecified atom stereocenters. The van der Waals surface area contributed by atoms with Gasteiger partial charge < -0.3 is 8.92 Å². The van der Waals surface area contributed by atoms with E-state index in [2.05, 4.69) is 6.07 Å². The van der Waals surface area contributed by atoms with Crippen molar-refractivity contribution in [3.05, 3.63) is 82.7 Å². The minimum Gasteiger partial charge on any atom is -0.486 e. The van der Waals surface area contributed by atoms with E-state index in [0.29, 0.717) is 6.61 Å². The summed E-state index contributed by atoms with van der Waals surface area (Å²) in [6.07, 6.45) is 2.92. The Morgan fingerprint density at radius 2 is 1.58 bits per heavy atom. The Balaban J connectivity index is 1.94. The fourth-order valence-electron chi connectivity index (χ4n) is 3.76. The van der Waals surface area contributed by atoms with Crippen LogP contribution in [0.5, 0.6) is 11.5 Å². The van der Waals surface area contributed by atoms with E-state index in [1.807, 2.05) is 58.9 Å². The maximum atomic E-state index is 14.7. The van der Waals surface area contributed by atoms with Crippen LogP contribution in [0.2, 0.25) is 0 Å². The van der Waals surface area contributed by atoms with Gasteiger partial charge in [-0.1, -0.05) is 29.8 Å². The zero-order valence-corrected chi connectivity index (χ0v) is 20.6. The van der Waals surface area contributed by atoms with E-state index in [1.165, 1.54) is 6.07 Å². The number of hydrogen-bond donors (Lipinski definition) is 0. The topological polar surface area (TPSA) is 52.6 Å². The summed E-state index contributed by atoms with van der Waals surface area (Å²) in [5, 5.41) is 0. The van der Waals surface area contributed by atoms with Crippen molar-refractivity contribution in [2.75, 3.05) is 12.9 Å². The predicted molar refractivity (Wildman–Crippen MR) is 132 cm³/mol. The molecular weight excluding hydrogens is 439 g/mol. The van der Waals surface area contributed by atoms with Gasteiger partial charge in [-0.25, -0.2) is 4.39 Å². The highest BCUT2D eigenvalue weighted by atomic mass is 32.2. The van der Waals surface area contributed by atoms with E-state index in [1.54, 1.807) is 18.2 Å². The molecule has 3 aromatic carbocycles. The zero-order chi connectivity index (χ0) is 24.3. The van der Waals surface area contributed by atoms with Crippen LogP contribution in [0.25, 0.3) is 22.3 Å². The van der Waals surface area contributed by atoms with E-state index >= 15 is 0 Å². The first-order valence-corrected chi connectivity index (χ1v) is 12.4. The lowest BCUT2D eigenvalue weighted by Crippen LogP contribution is -2.05. The van der Waals surface area contributed by atoms with Crippen LogP contribution in [0.4, 0.5) is 4.39 Å². The highest BCUT2D eigenvalue weighted by Gasteiger charge is 2.15. The first-order valence-electron chi connectivity index (χ1n) is 10.6. The monoisotopic (exact) mass is 468 g/mol. The molecule has 0 aromatic heterocycles. The van der Waals surface area contributed by atoms with Crippen LogP contribution in [0.1, 0.15) is 30.5 Å². The molecule has 6 heteroatoms. The van der Waals surface area contributed by atoms with Crippen molar-refractivity contribution in [1.29, 1.82) is 0 Å². The largest absolute Gasteiger partial charge is 0.486 e. The van der Waals surface area contributed by atoms with Gasteiger partial charge in [-0.15, -0.1) is 0 Å². The third-order valence-electron chi connectivity index (χ3n) is 5.46. The average Bonchev–Trinajstić information content (AvgIpc) is 2.72. The van der Waals surface area contributed by atoms with Gasteiger partial charge in [0.15, 0.2) is 11.6 Å². The van der Waals surface area contributed by atoms with Gasteiger partial charge in [0.25, 0.3) is 0 Å². The van der Waals surface area contributed by atoms with Crippen molar-refractivity contribution in [2.45, 2.75) is 34.6 Å². The Morgan fingerprint density at radius 3 is 2.15 bits per heavy atom. The van der Waals surface area contributed by atoms with Crippen LogP contribution in [-0.2, 0) is 10.1 Å². The molecule has 0 N–H and O–H groups in total. The number of aryl methyl sites for hydroxylation is 1. The Bertz CT molecular complexity index is 1300. The maximum absolute atomic E-state index is 14.7. The molecule has 0 aliphatic rings. The van der Waals surface area contributed by atoms with Gasteiger partial charge in [0.1, 0.15) is 12.4 Å². The summed E-state index contributed by atoms with van der Waals surface area (Å²) < 4.78 is 47.9. The van der Waals surface area contributed by atoms with E-state index in [0.717, 1.165) is 50.8 Å². The Kier molecular flexibility index (Phi) is 7.28. The van der Waals surface area contributed by atoms with Crippen LogP contribution in [0.15, 0.2) is 60.2 Å². The first kappa shape index (κ1) is 24.5. The summed E-state index contributed by atoms with van der Waals surface area (Å²) in [5.41, 5.74) is 8.03. The van der Waals surface area contributed by atoms with Crippen LogP contribution in [-0.4, -0.2) is 21.3 Å². The van der Waals surface area contributed by atoms with Gasteiger partial charge in [0.2, 0.25) is 0 Å². The Morgan fingerprint density at radius 1 is 0.939 bits per heavy atom. The standard InChI is InChI=1S/C27H29FO4S/c1-17(2)13-14-31-26-12-9-22(16-25(26)28)24-15-18(3)27(20(5)19(24)4)21-7-10-23(11-8-21)32-33(6,29)30/h7-13,15-16H,14H2,1-6H3. The first-order chi connectivity index (χ1) is 15.5. The van der Waals surface area contributed by atoms with Gasteiger partial charge in [0.05, 0.1) is 6.26 Å². The summed E-state index contributed by atoms with van der Waals surface area (Å²) in [6, 6.07) is 14.1. The second kappa shape index (κ2) is 9.79. The van der Waals surface area contributed by atoms with Crippen molar-refractivity contribution < 1.29 is 21.7 Å². The van der Waals surface area contributed by atoms with E-state index in [9.17, 15) is 12.8 Å². The lowest BCUT2D eigenvalue weighted by molar-refractivity contribution is 0.341. The Hall–Kier alpha value is -3.12. The van der Waals surface area contributed by atoms with Gasteiger partial charge in [-0.05, 0) is 104 Å². The lowest BCUT2D eigenvalue weighted by Gasteiger charge is -2.18. The molecule has 3 aromatic rings. The van der Waals surface area contributed by atoms with Crippen LogP contribution in [0.3, 0.4) is 0 Å². The smallest absolute Gasteiger partial charge is 0.306 e. The molecular formula is C27H29FO4S. The molecule has 3 rings (SSSR count). The van der Waals surface area contributed by atoms with E-state index < -0.39 is 15.9 Å². The molecule has 0 heterocycles. The minimum atomic E-state index is -3.57. The molecule has 0 radical (unpaired) electrons. The van der Waals surface area contributed by atoms with Crippen molar-refractivity contribution in [3.63, 3.8) is 0 Å². The molecule has 0 aliphatic heterocycles. The third kappa shape index (κ3) is 6.02. The highest BCUT2D eigenvalue weighted by molar-refractivity contribution is 7.86. The van der Waals surface area contributed by atoms with Crippen molar-refractivity contribution in [1.82, 2.24) is 0 Å². The van der Waals surface area contributed by atoms with Crippen LogP contribution in [0, 0.1) is 26.6 Å². The average molecular weight is 469 g/mol. The van der Waals surface area contributed by atoms with Gasteiger partial charge in [0, 0.05) is 0 Å². The van der Waals surface area contributed by atoms with Gasteiger partial charge in [-0.2, -0.15) is 8.42 Å². The normalized spacial score (nSPS) is 11.2. The van der Waals surface area contributed by atoms with Crippen molar-refractivity contribution in [3.8, 4) is 33.8 Å². The number of halogens is 1. The van der Waals surface area contributed by atoms with Crippen LogP contribution >= 0.6 is 0 Å². The number of rotatable bonds is 7. The SMILES string of the molecule is CC(C)=CCOc1ccc(-c2cc(C)c(-c3ccc(OS(C)(=O)=O)cc3)c(C)c2C)cc1F. The molecule has 0 saturated heterocycles. The minimum absolute atomic E-state index is 0.232. The van der Waals surface area contributed by atoms with Crippen molar-refractivity contribution in [2.24, 2.45) is 0 Å². The zero-order valence-electron chi connectivity index (χ0n) is 19.8. The number of hydrogen-bond acceptors (Lipinski definition) is 4. The molecule has 0 atom stereocenters. The summed E-state index contributed by atoms with van der Waals surface area (Å²) >= 11 is 0. The summed E-state index contributed by atoms with van der Waals surface area (Å²) in [5.74, 6) is 0.109. The molecule has 0 fully saturated rings. The molecule has 0 aliphatic carbocycles. The lowest BCUT2D eigenvalue weighted by atomic mass is 9.87. The highest BCUT2D eigenvalue weighted by Crippen LogP contribution is 2.37. The number of allylic oxidation sites excluding steroid dienone is 1. The summed E-state index contributed by atoms with van der Waals surface area (Å²) in [4.78, 5) is 0. The fraction of sp³-hybridized carbons (Fsp3) is 0.259. The molecule has 0 saturated carbocycles. The quantitative estimate of drug-likeness (QED) is 0.284. The maximum Gasteiger partial charge on any atom is 0.306 e. The second-order valence-electron chi connectivity index (χ2n) is 8.42. The molecule has 0 spiro atoms. The fourth-order valence-corrected chi connectivity index (χ4v) is 4.22. The molecule has 174 valence electrons. The second-order valence-corrected chi connectivity index (χ2v) is 9.99. The summed E-state index contributed by atoms with van der Waals surface area (Å²) in [6.45, 7) is 10.3. The summed E-state index contributed by atoms with van der Waals surface area (Å²) in [7, 11) is -3.57. The molecule has 4 nitrogen and oxygen atoms in total. The van der Waals surface area contributed by atoms with E-state index in [-0.39, 0.29) is 11.5 Å². The molecule has 33 heavy (non-hydrogen) atoms. The third-order valence-corrected chi connectivity index (χ3v) is 5.96. The van der Waals surface area contributed by atoms with E-state index in [4.69, 9.17) is 8.92 Å². The Labute approximate surface area is 195 Å². The predicted octanol–water partition coefficient (Wildman–Crippen LogP) is 6.77. The molecule has 0 bridgehead atoms. The van der Waals surface area contributed by atoms with Gasteiger partial charge in [-0.3, -0.25) is 0 Å². The number of ether oxygens (including phenoxy) is 1. The van der Waals surface area contributed by atoms with Gasteiger partial charge >= 0.3 is 10.1 Å².